The third kappa shape index (κ3) is 5.08. The topological polar surface area (TPSA) is 105 Å². The smallest absolute Gasteiger partial charge is 0.407 e. The van der Waals surface area contributed by atoms with E-state index < -0.39 is 24.0 Å². The van der Waals surface area contributed by atoms with Crippen molar-refractivity contribution < 1.29 is 24.2 Å². The van der Waals surface area contributed by atoms with Gasteiger partial charge in [0, 0.05) is 12.0 Å². The molecule has 3 atom stereocenters. The zero-order valence-corrected chi connectivity index (χ0v) is 19.6. The Kier molecular flexibility index (Phi) is 7.20. The van der Waals surface area contributed by atoms with Gasteiger partial charge in [-0.1, -0.05) is 68.8 Å². The van der Waals surface area contributed by atoms with Crippen molar-refractivity contribution in [2.75, 3.05) is 6.61 Å². The Morgan fingerprint density at radius 1 is 1.00 bits per heavy atom. The Labute approximate surface area is 199 Å². The van der Waals surface area contributed by atoms with Crippen LogP contribution in [0.2, 0.25) is 0 Å². The van der Waals surface area contributed by atoms with Gasteiger partial charge in [-0.15, -0.1) is 0 Å². The van der Waals surface area contributed by atoms with Gasteiger partial charge in [0.25, 0.3) is 0 Å². The van der Waals surface area contributed by atoms with Crippen molar-refractivity contribution >= 4 is 18.0 Å². The number of aliphatic carboxylic acids is 1. The molecule has 2 aromatic carbocycles. The van der Waals surface area contributed by atoms with Crippen molar-refractivity contribution in [3.63, 3.8) is 0 Å². The first-order chi connectivity index (χ1) is 16.3. The minimum atomic E-state index is -1.04. The highest BCUT2D eigenvalue weighted by Gasteiger charge is 2.36. The van der Waals surface area contributed by atoms with Crippen molar-refractivity contribution in [1.29, 1.82) is 0 Å². The SMILES string of the molecule is CC(C)C[C@@H](NC(=O)[C@@H]1CCC[C@@H]1NC(=O)OCC1c2ccccc2-c2ccccc21)C(=O)O. The molecule has 1 fully saturated rings. The van der Waals surface area contributed by atoms with Gasteiger partial charge in [0.15, 0.2) is 0 Å². The Balaban J connectivity index is 1.36. The molecule has 2 aliphatic carbocycles. The molecule has 2 amide bonds. The Morgan fingerprint density at radius 2 is 1.62 bits per heavy atom. The first kappa shape index (κ1) is 23.8. The summed E-state index contributed by atoms with van der Waals surface area (Å²) in [6.07, 6.45) is 1.86. The molecule has 7 nitrogen and oxygen atoms in total. The normalized spacial score (nSPS) is 19.9. The number of rotatable bonds is 8. The van der Waals surface area contributed by atoms with Crippen molar-refractivity contribution in [1.82, 2.24) is 10.6 Å². The zero-order valence-electron chi connectivity index (χ0n) is 19.6. The van der Waals surface area contributed by atoms with Crippen LogP contribution in [0.3, 0.4) is 0 Å². The Hall–Kier alpha value is -3.35. The van der Waals surface area contributed by atoms with Crippen LogP contribution in [0.1, 0.15) is 56.6 Å². The number of amides is 2. The maximum absolute atomic E-state index is 12.8. The van der Waals surface area contributed by atoms with Gasteiger partial charge in [-0.05, 0) is 47.4 Å². The van der Waals surface area contributed by atoms with Crippen LogP contribution < -0.4 is 10.6 Å². The van der Waals surface area contributed by atoms with E-state index in [1.54, 1.807) is 0 Å². The average Bonchev–Trinajstić information content (AvgIpc) is 3.39. The monoisotopic (exact) mass is 464 g/mol. The second-order valence-electron chi connectivity index (χ2n) is 9.64. The third-order valence-electron chi connectivity index (χ3n) is 6.82. The molecule has 0 spiro atoms. The predicted octanol–water partition coefficient (Wildman–Crippen LogP) is 4.31. The molecule has 0 unspecified atom stereocenters. The number of carboxylic acids is 1. The summed E-state index contributed by atoms with van der Waals surface area (Å²) in [5.74, 6) is -1.72. The van der Waals surface area contributed by atoms with Gasteiger partial charge in [0.1, 0.15) is 12.6 Å². The molecule has 2 aliphatic rings. The largest absolute Gasteiger partial charge is 0.480 e. The molecule has 0 bridgehead atoms. The van der Waals surface area contributed by atoms with E-state index in [-0.39, 0.29) is 30.4 Å². The molecule has 0 heterocycles. The molecule has 2 aromatic rings. The molecule has 1 saturated carbocycles. The second-order valence-corrected chi connectivity index (χ2v) is 9.64. The van der Waals surface area contributed by atoms with Gasteiger partial charge in [0.05, 0.1) is 5.92 Å². The van der Waals surface area contributed by atoms with Crippen LogP contribution in [-0.2, 0) is 14.3 Å². The fourth-order valence-corrected chi connectivity index (χ4v) is 5.21. The molecular formula is C27H32N2O5. The Morgan fingerprint density at radius 3 is 2.21 bits per heavy atom. The molecule has 180 valence electrons. The Bertz CT molecular complexity index is 1020. The van der Waals surface area contributed by atoms with E-state index in [2.05, 4.69) is 34.9 Å². The van der Waals surface area contributed by atoms with Gasteiger partial charge in [-0.25, -0.2) is 9.59 Å². The first-order valence-electron chi connectivity index (χ1n) is 12.0. The van der Waals surface area contributed by atoms with Gasteiger partial charge < -0.3 is 20.5 Å². The molecule has 0 aromatic heterocycles. The lowest BCUT2D eigenvalue weighted by Crippen LogP contribution is -2.49. The number of fused-ring (bicyclic) bond motifs is 3. The highest BCUT2D eigenvalue weighted by molar-refractivity contribution is 5.86. The van der Waals surface area contributed by atoms with E-state index in [4.69, 9.17) is 4.74 Å². The highest BCUT2D eigenvalue weighted by Crippen LogP contribution is 2.44. The molecular weight excluding hydrogens is 432 g/mol. The lowest BCUT2D eigenvalue weighted by atomic mass is 9.98. The van der Waals surface area contributed by atoms with Crippen molar-refractivity contribution in [2.45, 2.75) is 57.5 Å². The van der Waals surface area contributed by atoms with E-state index in [0.717, 1.165) is 28.7 Å². The van der Waals surface area contributed by atoms with Gasteiger partial charge in [-0.2, -0.15) is 0 Å². The number of hydrogen-bond donors (Lipinski definition) is 3. The number of nitrogens with one attached hydrogen (secondary N) is 2. The molecule has 7 heteroatoms. The van der Waals surface area contributed by atoms with Crippen LogP contribution in [0, 0.1) is 11.8 Å². The number of carbonyl (C=O) groups excluding carboxylic acids is 2. The minimum absolute atomic E-state index is 0.0341. The maximum atomic E-state index is 12.8. The predicted molar refractivity (Wildman–Crippen MR) is 128 cm³/mol. The van der Waals surface area contributed by atoms with Gasteiger partial charge in [-0.3, -0.25) is 4.79 Å². The van der Waals surface area contributed by atoms with E-state index in [1.165, 1.54) is 0 Å². The highest BCUT2D eigenvalue weighted by atomic mass is 16.5. The summed E-state index contributed by atoms with van der Waals surface area (Å²) >= 11 is 0. The van der Waals surface area contributed by atoms with Gasteiger partial charge >= 0.3 is 12.1 Å². The van der Waals surface area contributed by atoms with E-state index in [0.29, 0.717) is 19.3 Å². The van der Waals surface area contributed by atoms with Crippen LogP contribution in [0.5, 0.6) is 0 Å². The fraction of sp³-hybridized carbons (Fsp3) is 0.444. The summed E-state index contributed by atoms with van der Waals surface area (Å²) in [5, 5.41) is 15.0. The van der Waals surface area contributed by atoms with Crippen LogP contribution in [0.15, 0.2) is 48.5 Å². The summed E-state index contributed by atoms with van der Waals surface area (Å²) < 4.78 is 5.63. The summed E-state index contributed by atoms with van der Waals surface area (Å²) in [5.41, 5.74) is 4.60. The molecule has 34 heavy (non-hydrogen) atoms. The first-order valence-corrected chi connectivity index (χ1v) is 12.0. The quantitative estimate of drug-likeness (QED) is 0.540. The number of hydrogen-bond acceptors (Lipinski definition) is 4. The van der Waals surface area contributed by atoms with E-state index >= 15 is 0 Å². The van der Waals surface area contributed by atoms with Crippen LogP contribution >= 0.6 is 0 Å². The molecule has 0 radical (unpaired) electrons. The second kappa shape index (κ2) is 10.3. The standard InChI is InChI=1S/C27H32N2O5/c1-16(2)14-24(26(31)32)28-25(30)21-12-7-13-23(21)29-27(33)34-15-22-19-10-5-3-8-17(19)18-9-4-6-11-20(18)22/h3-6,8-11,16,21-24H,7,12-15H2,1-2H3,(H,28,30)(H,29,33)(H,31,32)/t21-,23+,24-/m1/s1. The molecule has 3 N–H and O–H groups in total. The summed E-state index contributed by atoms with van der Waals surface area (Å²) in [7, 11) is 0. The fourth-order valence-electron chi connectivity index (χ4n) is 5.21. The minimum Gasteiger partial charge on any atom is -0.480 e. The number of carbonyl (C=O) groups is 3. The molecule has 4 rings (SSSR count). The van der Waals surface area contributed by atoms with Crippen molar-refractivity contribution in [3.05, 3.63) is 59.7 Å². The maximum Gasteiger partial charge on any atom is 0.407 e. The zero-order chi connectivity index (χ0) is 24.2. The summed E-state index contributed by atoms with van der Waals surface area (Å²) in [4.78, 5) is 37.0. The van der Waals surface area contributed by atoms with Crippen molar-refractivity contribution in [2.24, 2.45) is 11.8 Å². The lowest BCUT2D eigenvalue weighted by molar-refractivity contribution is -0.143. The van der Waals surface area contributed by atoms with Gasteiger partial charge in [0.2, 0.25) is 5.91 Å². The summed E-state index contributed by atoms with van der Waals surface area (Å²) in [6, 6.07) is 15.0. The van der Waals surface area contributed by atoms with Crippen LogP contribution in [0.4, 0.5) is 4.79 Å². The van der Waals surface area contributed by atoms with Crippen LogP contribution in [0.25, 0.3) is 11.1 Å². The van der Waals surface area contributed by atoms with E-state index in [1.807, 2.05) is 38.1 Å². The number of alkyl carbamates (subject to hydrolysis) is 1. The lowest BCUT2D eigenvalue weighted by Gasteiger charge is -2.23. The average molecular weight is 465 g/mol. The third-order valence-corrected chi connectivity index (χ3v) is 6.82. The molecule has 0 saturated heterocycles. The number of ether oxygens (including phenoxy) is 1. The number of benzene rings is 2. The van der Waals surface area contributed by atoms with E-state index in [9.17, 15) is 19.5 Å². The number of carboxylic acid groups (broad SMARTS) is 1. The molecule has 0 aliphatic heterocycles. The van der Waals surface area contributed by atoms with Crippen molar-refractivity contribution in [3.8, 4) is 11.1 Å². The van der Waals surface area contributed by atoms with Crippen LogP contribution in [-0.4, -0.2) is 41.8 Å². The summed E-state index contributed by atoms with van der Waals surface area (Å²) in [6.45, 7) is 4.04.